The van der Waals surface area contributed by atoms with Crippen LogP contribution in [0.15, 0.2) is 0 Å². The molecule has 2 heteroatoms. The summed E-state index contributed by atoms with van der Waals surface area (Å²) in [6.07, 6.45) is 14.3. The molecule has 0 saturated heterocycles. The van der Waals surface area contributed by atoms with Gasteiger partial charge < -0.3 is 0 Å². The Morgan fingerprint density at radius 3 is 1.31 bits per heavy atom. The first-order valence-corrected chi connectivity index (χ1v) is 8.15. The fourth-order valence-electron chi connectivity index (χ4n) is 1.72. The van der Waals surface area contributed by atoms with Crippen LogP contribution in [-0.2, 0) is 0 Å². The molecule has 0 aromatic carbocycles. The van der Waals surface area contributed by atoms with E-state index in [4.69, 9.17) is 0 Å². The molecule has 0 N–H and O–H groups in total. The monoisotopic (exact) mass is 352 g/mol. The van der Waals surface area contributed by atoms with Gasteiger partial charge in [0.2, 0.25) is 0 Å². The summed E-state index contributed by atoms with van der Waals surface area (Å²) < 4.78 is 0. The summed E-state index contributed by atoms with van der Waals surface area (Å²) in [5.74, 6) is 2.80. The van der Waals surface area contributed by atoms with Crippen LogP contribution < -0.4 is 0 Å². The zero-order chi connectivity index (χ0) is 11.2. The minimum absolute atomic E-state index is 0. The Morgan fingerprint density at radius 1 is 0.562 bits per heavy atom. The topological polar surface area (TPSA) is 0 Å². The molecule has 0 spiro atoms. The van der Waals surface area contributed by atoms with Crippen molar-refractivity contribution in [3.8, 4) is 0 Å². The SMILES string of the molecule is CCCCCCCSCCCCCCC.[SnH2]. The maximum atomic E-state index is 2.28. The Balaban J connectivity index is 0. The third-order valence-corrected chi connectivity index (χ3v) is 3.94. The quantitative estimate of drug-likeness (QED) is 0.361. The zero-order valence-corrected chi connectivity index (χ0v) is 16.5. The van der Waals surface area contributed by atoms with Gasteiger partial charge in [0, 0.05) is 0 Å². The van der Waals surface area contributed by atoms with Crippen LogP contribution >= 0.6 is 11.8 Å². The summed E-state index contributed by atoms with van der Waals surface area (Å²) >= 11 is 2.17. The van der Waals surface area contributed by atoms with Crippen LogP contribution in [0.1, 0.15) is 78.1 Å². The Morgan fingerprint density at radius 2 is 0.938 bits per heavy atom. The Labute approximate surface area is 125 Å². The summed E-state index contributed by atoms with van der Waals surface area (Å²) in [6.45, 7) is 4.57. The Hall–Kier alpha value is 1.15. The molecule has 0 aromatic rings. The van der Waals surface area contributed by atoms with Gasteiger partial charge in [0.1, 0.15) is 0 Å². The van der Waals surface area contributed by atoms with Gasteiger partial charge in [-0.25, -0.2) is 0 Å². The summed E-state index contributed by atoms with van der Waals surface area (Å²) in [6, 6.07) is 0. The van der Waals surface area contributed by atoms with Crippen molar-refractivity contribution >= 4 is 35.7 Å². The first-order chi connectivity index (χ1) is 7.41. The Kier molecular flexibility index (Phi) is 22.5. The summed E-state index contributed by atoms with van der Waals surface area (Å²) in [5.41, 5.74) is 0. The van der Waals surface area contributed by atoms with Crippen molar-refractivity contribution in [1.82, 2.24) is 0 Å². The second-order valence-electron chi connectivity index (χ2n) is 4.44. The molecule has 0 fully saturated rings. The molecule has 16 heavy (non-hydrogen) atoms. The molecule has 0 nitrogen and oxygen atoms in total. The molecule has 0 atom stereocenters. The van der Waals surface area contributed by atoms with Crippen LogP contribution in [0.25, 0.3) is 0 Å². The molecule has 0 saturated carbocycles. The summed E-state index contributed by atoms with van der Waals surface area (Å²) in [4.78, 5) is 0. The van der Waals surface area contributed by atoms with Crippen LogP contribution in [0.4, 0.5) is 0 Å². The number of unbranched alkanes of at least 4 members (excludes halogenated alkanes) is 8. The van der Waals surface area contributed by atoms with Gasteiger partial charge in [0.25, 0.3) is 0 Å². The van der Waals surface area contributed by atoms with Gasteiger partial charge in [-0.2, -0.15) is 11.8 Å². The molecule has 0 aliphatic rings. The molecule has 2 radical (unpaired) electrons. The van der Waals surface area contributed by atoms with Crippen LogP contribution in [0.3, 0.4) is 0 Å². The minimum atomic E-state index is 0. The van der Waals surface area contributed by atoms with Crippen molar-refractivity contribution in [2.75, 3.05) is 11.5 Å². The molecule has 0 heterocycles. The summed E-state index contributed by atoms with van der Waals surface area (Å²) in [7, 11) is 0. The van der Waals surface area contributed by atoms with E-state index in [1.165, 1.54) is 75.7 Å². The van der Waals surface area contributed by atoms with Gasteiger partial charge >= 0.3 is 23.9 Å². The fourth-order valence-corrected chi connectivity index (χ4v) is 2.74. The fraction of sp³-hybridized carbons (Fsp3) is 1.00. The third-order valence-electron chi connectivity index (χ3n) is 2.78. The van der Waals surface area contributed by atoms with E-state index in [0.29, 0.717) is 0 Å². The van der Waals surface area contributed by atoms with Crippen LogP contribution in [-0.4, -0.2) is 35.4 Å². The van der Waals surface area contributed by atoms with Gasteiger partial charge in [0.05, 0.1) is 0 Å². The van der Waals surface area contributed by atoms with Gasteiger partial charge in [-0.15, -0.1) is 0 Å². The van der Waals surface area contributed by atoms with Crippen molar-refractivity contribution in [3.63, 3.8) is 0 Å². The molecule has 0 bridgehead atoms. The van der Waals surface area contributed by atoms with Crippen molar-refractivity contribution in [2.45, 2.75) is 78.1 Å². The van der Waals surface area contributed by atoms with E-state index in [1.54, 1.807) is 0 Å². The van der Waals surface area contributed by atoms with Crippen LogP contribution in [0.5, 0.6) is 0 Å². The number of thioether (sulfide) groups is 1. The van der Waals surface area contributed by atoms with Gasteiger partial charge in [-0.05, 0) is 24.3 Å². The van der Waals surface area contributed by atoms with E-state index in [1.807, 2.05) is 0 Å². The molecule has 0 aliphatic carbocycles. The number of hydrogen-bond donors (Lipinski definition) is 0. The average molecular weight is 351 g/mol. The van der Waals surface area contributed by atoms with Gasteiger partial charge in [0.15, 0.2) is 0 Å². The van der Waals surface area contributed by atoms with Gasteiger partial charge in [-0.1, -0.05) is 65.2 Å². The van der Waals surface area contributed by atoms with Crippen molar-refractivity contribution in [1.29, 1.82) is 0 Å². The number of hydrogen-bond acceptors (Lipinski definition) is 1. The molecule has 0 unspecified atom stereocenters. The Bertz CT molecular complexity index is 94.9. The molecule has 0 aliphatic heterocycles. The third kappa shape index (κ3) is 17.5. The second kappa shape index (κ2) is 18.5. The predicted octanol–water partition coefficient (Wildman–Crippen LogP) is 4.74. The number of rotatable bonds is 12. The molecule has 0 rings (SSSR count). The van der Waals surface area contributed by atoms with E-state index < -0.39 is 0 Å². The van der Waals surface area contributed by atoms with Crippen molar-refractivity contribution < 1.29 is 0 Å². The second-order valence-corrected chi connectivity index (χ2v) is 5.67. The maximum absolute atomic E-state index is 2.28. The van der Waals surface area contributed by atoms with E-state index in [9.17, 15) is 0 Å². The molecular formula is C14H32SSn. The standard InChI is InChI=1S/C14H30S.Sn.2H/c1-3-5-7-9-11-13-15-14-12-10-8-6-4-2;;;/h3-14H2,1-2H3;;;. The predicted molar refractivity (Wildman–Crippen MR) is 83.4 cm³/mol. The van der Waals surface area contributed by atoms with Crippen molar-refractivity contribution in [2.24, 2.45) is 0 Å². The molecule has 98 valence electrons. The van der Waals surface area contributed by atoms with E-state index in [-0.39, 0.29) is 23.9 Å². The normalized spacial score (nSPS) is 10.1. The zero-order valence-electron chi connectivity index (χ0n) is 11.6. The van der Waals surface area contributed by atoms with E-state index in [0.717, 1.165) is 0 Å². The van der Waals surface area contributed by atoms with Gasteiger partial charge in [-0.3, -0.25) is 0 Å². The first-order valence-electron chi connectivity index (χ1n) is 6.99. The van der Waals surface area contributed by atoms with Crippen molar-refractivity contribution in [3.05, 3.63) is 0 Å². The molecule has 0 amide bonds. The van der Waals surface area contributed by atoms with Crippen LogP contribution in [0.2, 0.25) is 0 Å². The molecule has 0 aromatic heterocycles. The van der Waals surface area contributed by atoms with E-state index >= 15 is 0 Å². The van der Waals surface area contributed by atoms with Crippen LogP contribution in [0, 0.1) is 0 Å². The first kappa shape index (κ1) is 19.5. The molecular weight excluding hydrogens is 319 g/mol. The average Bonchev–Trinajstić information content (AvgIpc) is 2.26. The summed E-state index contributed by atoms with van der Waals surface area (Å²) in [5, 5.41) is 0. The van der Waals surface area contributed by atoms with E-state index in [2.05, 4.69) is 25.6 Å².